The Kier molecular flexibility index (Phi) is 16.4. The zero-order valence-electron chi connectivity index (χ0n) is 16.4. The summed E-state index contributed by atoms with van der Waals surface area (Å²) in [5.41, 5.74) is 5.86. The van der Waals surface area contributed by atoms with Gasteiger partial charge in [-0.2, -0.15) is 0 Å². The van der Waals surface area contributed by atoms with E-state index in [2.05, 4.69) is 19.1 Å². The molecule has 0 aliphatic carbocycles. The van der Waals surface area contributed by atoms with Gasteiger partial charge in [-0.3, -0.25) is 4.79 Å². The first-order chi connectivity index (χ1) is 11.6. The zero-order chi connectivity index (χ0) is 18.0. The lowest BCUT2D eigenvalue weighted by Gasteiger charge is -2.17. The van der Waals surface area contributed by atoms with Crippen LogP contribution in [0.25, 0.3) is 0 Å². The molecule has 0 aromatic carbocycles. The van der Waals surface area contributed by atoms with Crippen LogP contribution in [-0.4, -0.2) is 19.1 Å². The number of hydrogen-bond acceptors (Lipinski definition) is 3. The van der Waals surface area contributed by atoms with Crippen LogP contribution in [-0.2, 0) is 9.53 Å². The van der Waals surface area contributed by atoms with Gasteiger partial charge in [-0.25, -0.2) is 0 Å². The zero-order valence-corrected chi connectivity index (χ0v) is 16.4. The first-order valence-electron chi connectivity index (χ1n) is 10.1. The molecule has 0 aliphatic rings. The Morgan fingerprint density at radius 3 is 1.92 bits per heavy atom. The number of ether oxygens (including phenoxy) is 1. The highest BCUT2D eigenvalue weighted by Crippen LogP contribution is 2.16. The van der Waals surface area contributed by atoms with Crippen molar-refractivity contribution in [1.82, 2.24) is 0 Å². The molecule has 0 aliphatic heterocycles. The van der Waals surface area contributed by atoms with Gasteiger partial charge >= 0.3 is 5.97 Å². The number of unbranched alkanes of at least 4 members (excludes halogenated alkanes) is 10. The maximum absolute atomic E-state index is 11.6. The fraction of sp³-hybridized carbons (Fsp3) is 0.857. The van der Waals surface area contributed by atoms with Crippen molar-refractivity contribution in [1.29, 1.82) is 0 Å². The summed E-state index contributed by atoms with van der Waals surface area (Å²) < 4.78 is 4.82. The second-order valence-corrected chi connectivity index (χ2v) is 7.01. The van der Waals surface area contributed by atoms with Gasteiger partial charge in [0.15, 0.2) is 0 Å². The Bertz CT molecular complexity index is 313. The van der Waals surface area contributed by atoms with Crippen molar-refractivity contribution in [3.8, 4) is 0 Å². The van der Waals surface area contributed by atoms with Crippen molar-refractivity contribution >= 4 is 5.97 Å². The molecule has 2 atom stereocenters. The van der Waals surface area contributed by atoms with E-state index in [1.165, 1.54) is 77.7 Å². The van der Waals surface area contributed by atoms with Crippen LogP contribution >= 0.6 is 0 Å². The molecule has 0 aromatic rings. The number of carbonyl (C=O) groups excluding carboxylic acids is 1. The number of rotatable bonds is 16. The SMILES string of the molecule is CCCCCCCC/C=C\CCCCCCC(C(=O)OC)C(C)N. The Morgan fingerprint density at radius 2 is 1.42 bits per heavy atom. The van der Waals surface area contributed by atoms with Gasteiger partial charge in [0, 0.05) is 6.04 Å². The summed E-state index contributed by atoms with van der Waals surface area (Å²) in [6, 6.07) is -0.123. The molecule has 0 radical (unpaired) electrons. The van der Waals surface area contributed by atoms with E-state index in [4.69, 9.17) is 10.5 Å². The van der Waals surface area contributed by atoms with Crippen molar-refractivity contribution in [2.45, 2.75) is 103 Å². The number of nitrogens with two attached hydrogens (primary N) is 1. The van der Waals surface area contributed by atoms with Gasteiger partial charge in [0.25, 0.3) is 0 Å². The highest BCUT2D eigenvalue weighted by Gasteiger charge is 2.22. The average molecular weight is 340 g/mol. The molecule has 0 bridgehead atoms. The largest absolute Gasteiger partial charge is 0.469 e. The molecule has 0 saturated carbocycles. The van der Waals surface area contributed by atoms with Crippen LogP contribution in [0.4, 0.5) is 0 Å². The summed E-state index contributed by atoms with van der Waals surface area (Å²) in [4.78, 5) is 11.6. The Labute approximate surface area is 150 Å². The molecule has 0 saturated heterocycles. The van der Waals surface area contributed by atoms with Crippen LogP contribution in [0, 0.1) is 5.92 Å². The number of esters is 1. The van der Waals surface area contributed by atoms with Crippen molar-refractivity contribution in [2.24, 2.45) is 11.7 Å². The summed E-state index contributed by atoms with van der Waals surface area (Å²) in [6.07, 6.45) is 20.9. The minimum atomic E-state index is -0.164. The summed E-state index contributed by atoms with van der Waals surface area (Å²) >= 11 is 0. The summed E-state index contributed by atoms with van der Waals surface area (Å²) in [5.74, 6) is -0.310. The quantitative estimate of drug-likeness (QED) is 0.221. The van der Waals surface area contributed by atoms with Crippen LogP contribution in [0.2, 0.25) is 0 Å². The summed E-state index contributed by atoms with van der Waals surface area (Å²) in [6.45, 7) is 4.15. The molecule has 0 aromatic heterocycles. The summed E-state index contributed by atoms with van der Waals surface area (Å²) in [5, 5.41) is 0. The van der Waals surface area contributed by atoms with Crippen molar-refractivity contribution in [3.05, 3.63) is 12.2 Å². The Morgan fingerprint density at radius 1 is 0.917 bits per heavy atom. The lowest BCUT2D eigenvalue weighted by atomic mass is 9.94. The number of methoxy groups -OCH3 is 1. The normalized spacial score (nSPS) is 14.0. The Balaban J connectivity index is 3.43. The van der Waals surface area contributed by atoms with E-state index in [0.29, 0.717) is 0 Å². The van der Waals surface area contributed by atoms with Crippen LogP contribution in [0.1, 0.15) is 97.3 Å². The fourth-order valence-electron chi connectivity index (χ4n) is 3.00. The predicted octanol–water partition coefficient (Wildman–Crippen LogP) is 5.77. The van der Waals surface area contributed by atoms with E-state index in [0.717, 1.165) is 12.8 Å². The third-order valence-corrected chi connectivity index (χ3v) is 4.67. The second-order valence-electron chi connectivity index (χ2n) is 7.01. The molecule has 0 heterocycles. The highest BCUT2D eigenvalue weighted by molar-refractivity contribution is 5.72. The standard InChI is InChI=1S/C21H41NO2/c1-4-5-6-7-8-9-10-11-12-13-14-15-16-17-18-20(19(2)22)21(23)24-3/h11-12,19-20H,4-10,13-18,22H2,1-3H3/b12-11-. The van der Waals surface area contributed by atoms with Gasteiger partial charge in [-0.1, -0.05) is 70.4 Å². The van der Waals surface area contributed by atoms with E-state index in [1.54, 1.807) is 0 Å². The van der Waals surface area contributed by atoms with Crippen molar-refractivity contribution in [3.63, 3.8) is 0 Å². The molecule has 2 N–H and O–H groups in total. The fourth-order valence-corrected chi connectivity index (χ4v) is 3.00. The summed E-state index contributed by atoms with van der Waals surface area (Å²) in [7, 11) is 1.44. The maximum Gasteiger partial charge on any atom is 0.310 e. The van der Waals surface area contributed by atoms with E-state index in [9.17, 15) is 4.79 Å². The maximum atomic E-state index is 11.6. The smallest absolute Gasteiger partial charge is 0.310 e. The molecule has 0 spiro atoms. The lowest BCUT2D eigenvalue weighted by Crippen LogP contribution is -2.33. The molecule has 142 valence electrons. The first-order valence-corrected chi connectivity index (χ1v) is 10.1. The van der Waals surface area contributed by atoms with Gasteiger partial charge < -0.3 is 10.5 Å². The van der Waals surface area contributed by atoms with Crippen molar-refractivity contribution < 1.29 is 9.53 Å². The molecule has 0 rings (SSSR count). The molecule has 24 heavy (non-hydrogen) atoms. The van der Waals surface area contributed by atoms with E-state index >= 15 is 0 Å². The lowest BCUT2D eigenvalue weighted by molar-refractivity contribution is -0.146. The van der Waals surface area contributed by atoms with E-state index in [-0.39, 0.29) is 17.9 Å². The molecule has 0 amide bonds. The number of carbonyl (C=O) groups is 1. The van der Waals surface area contributed by atoms with Crippen LogP contribution < -0.4 is 5.73 Å². The van der Waals surface area contributed by atoms with Crippen LogP contribution in [0.15, 0.2) is 12.2 Å². The minimum Gasteiger partial charge on any atom is -0.469 e. The van der Waals surface area contributed by atoms with Gasteiger partial charge in [-0.05, 0) is 39.0 Å². The highest BCUT2D eigenvalue weighted by atomic mass is 16.5. The molecule has 3 heteroatoms. The average Bonchev–Trinajstić information content (AvgIpc) is 2.57. The molecular formula is C21H41NO2. The van der Waals surface area contributed by atoms with Crippen LogP contribution in [0.3, 0.4) is 0 Å². The second kappa shape index (κ2) is 17.0. The van der Waals surface area contributed by atoms with Crippen molar-refractivity contribution in [2.75, 3.05) is 7.11 Å². The van der Waals surface area contributed by atoms with E-state index < -0.39 is 0 Å². The predicted molar refractivity (Wildman–Crippen MR) is 104 cm³/mol. The molecule has 3 nitrogen and oxygen atoms in total. The monoisotopic (exact) mass is 339 g/mol. The Hall–Kier alpha value is -0.830. The van der Waals surface area contributed by atoms with Gasteiger partial charge in [0.05, 0.1) is 13.0 Å². The van der Waals surface area contributed by atoms with Gasteiger partial charge in [-0.15, -0.1) is 0 Å². The third-order valence-electron chi connectivity index (χ3n) is 4.67. The minimum absolute atomic E-state index is 0.123. The molecular weight excluding hydrogens is 298 g/mol. The van der Waals surface area contributed by atoms with Crippen LogP contribution in [0.5, 0.6) is 0 Å². The number of allylic oxidation sites excluding steroid dienone is 2. The van der Waals surface area contributed by atoms with E-state index in [1.807, 2.05) is 6.92 Å². The van der Waals surface area contributed by atoms with Gasteiger partial charge in [0.1, 0.15) is 0 Å². The number of hydrogen-bond donors (Lipinski definition) is 1. The topological polar surface area (TPSA) is 52.3 Å². The molecule has 0 fully saturated rings. The first kappa shape index (κ1) is 23.2. The molecule has 2 unspecified atom stereocenters. The third kappa shape index (κ3) is 13.6. The van der Waals surface area contributed by atoms with Gasteiger partial charge in [0.2, 0.25) is 0 Å².